The predicted octanol–water partition coefficient (Wildman–Crippen LogP) is 1.89. The van der Waals surface area contributed by atoms with E-state index in [2.05, 4.69) is 15.7 Å². The van der Waals surface area contributed by atoms with Crippen molar-refractivity contribution in [3.8, 4) is 0 Å². The summed E-state index contributed by atoms with van der Waals surface area (Å²) in [7, 11) is 0. The molecule has 2 rings (SSSR count). The maximum absolute atomic E-state index is 11.9. The summed E-state index contributed by atoms with van der Waals surface area (Å²) >= 11 is 0. The van der Waals surface area contributed by atoms with Gasteiger partial charge in [-0.3, -0.25) is 9.48 Å². The summed E-state index contributed by atoms with van der Waals surface area (Å²) in [6.45, 7) is 7.92. The fourth-order valence-electron chi connectivity index (χ4n) is 2.31. The third kappa shape index (κ3) is 4.70. The summed E-state index contributed by atoms with van der Waals surface area (Å²) in [5.41, 5.74) is 2.18. The van der Waals surface area contributed by atoms with Crippen LogP contribution in [0.1, 0.15) is 24.7 Å². The molecule has 2 aromatic heterocycles. The zero-order chi connectivity index (χ0) is 16.8. The van der Waals surface area contributed by atoms with Crippen LogP contribution in [0.5, 0.6) is 0 Å². The number of nitrogens with one attached hydrogen (secondary N) is 2. The molecule has 0 saturated heterocycles. The Morgan fingerprint density at radius 1 is 1.35 bits per heavy atom. The monoisotopic (exact) mass is 317 g/mol. The number of amides is 2. The fourth-order valence-corrected chi connectivity index (χ4v) is 2.31. The number of hydrogen-bond acceptors (Lipinski definition) is 3. The second-order valence-electron chi connectivity index (χ2n) is 5.44. The Hall–Kier alpha value is -2.57. The highest BCUT2D eigenvalue weighted by molar-refractivity contribution is 5.88. The SMILES string of the molecule is CCn1ccc(=O)c(NC(=O)NCCCn2nc(C)cc2C)c1. The zero-order valence-electron chi connectivity index (χ0n) is 13.8. The lowest BCUT2D eigenvalue weighted by Crippen LogP contribution is -2.32. The summed E-state index contributed by atoms with van der Waals surface area (Å²) in [6, 6.07) is 3.10. The largest absolute Gasteiger partial charge is 0.352 e. The molecule has 2 aromatic rings. The summed E-state index contributed by atoms with van der Waals surface area (Å²) in [5.74, 6) is 0. The summed E-state index contributed by atoms with van der Waals surface area (Å²) in [5, 5.41) is 9.72. The molecule has 23 heavy (non-hydrogen) atoms. The van der Waals surface area contributed by atoms with Gasteiger partial charge in [0, 0.05) is 43.8 Å². The van der Waals surface area contributed by atoms with Crippen molar-refractivity contribution in [1.29, 1.82) is 0 Å². The van der Waals surface area contributed by atoms with Crippen molar-refractivity contribution >= 4 is 11.7 Å². The van der Waals surface area contributed by atoms with Crippen LogP contribution in [-0.4, -0.2) is 26.9 Å². The van der Waals surface area contributed by atoms with Gasteiger partial charge in [0.1, 0.15) is 5.69 Å². The zero-order valence-corrected chi connectivity index (χ0v) is 13.8. The molecule has 0 bridgehead atoms. The number of pyridine rings is 1. The second kappa shape index (κ2) is 7.62. The summed E-state index contributed by atoms with van der Waals surface area (Å²) in [6.07, 6.45) is 4.10. The van der Waals surface area contributed by atoms with Crippen molar-refractivity contribution in [3.05, 3.63) is 46.1 Å². The quantitative estimate of drug-likeness (QED) is 0.798. The molecule has 7 heteroatoms. The Balaban J connectivity index is 1.79. The molecule has 2 N–H and O–H groups in total. The molecule has 0 saturated carbocycles. The van der Waals surface area contributed by atoms with Gasteiger partial charge in [0.2, 0.25) is 5.43 Å². The lowest BCUT2D eigenvalue weighted by Gasteiger charge is -2.09. The second-order valence-corrected chi connectivity index (χ2v) is 5.44. The third-order valence-corrected chi connectivity index (χ3v) is 3.53. The number of rotatable bonds is 6. The lowest BCUT2D eigenvalue weighted by atomic mass is 10.3. The highest BCUT2D eigenvalue weighted by atomic mass is 16.2. The third-order valence-electron chi connectivity index (χ3n) is 3.53. The lowest BCUT2D eigenvalue weighted by molar-refractivity contribution is 0.251. The molecule has 2 heterocycles. The Morgan fingerprint density at radius 3 is 2.78 bits per heavy atom. The minimum Gasteiger partial charge on any atom is -0.352 e. The van der Waals surface area contributed by atoms with E-state index in [-0.39, 0.29) is 17.1 Å². The molecule has 0 fully saturated rings. The van der Waals surface area contributed by atoms with Crippen molar-refractivity contribution in [3.63, 3.8) is 0 Å². The molecule has 0 aliphatic rings. The standard InChI is InChI=1S/C16H23N5O2/c1-4-20-9-6-15(22)14(11-20)18-16(23)17-7-5-8-21-13(3)10-12(2)19-21/h6,9-11H,4-5,7-8H2,1-3H3,(H2,17,18,23). The smallest absolute Gasteiger partial charge is 0.319 e. The van der Waals surface area contributed by atoms with Crippen molar-refractivity contribution in [2.45, 2.75) is 40.3 Å². The van der Waals surface area contributed by atoms with Crippen molar-refractivity contribution in [2.24, 2.45) is 0 Å². The van der Waals surface area contributed by atoms with Gasteiger partial charge in [-0.2, -0.15) is 5.10 Å². The van der Waals surface area contributed by atoms with E-state index in [1.807, 2.05) is 36.1 Å². The fraction of sp³-hybridized carbons (Fsp3) is 0.438. The van der Waals surface area contributed by atoms with Gasteiger partial charge in [-0.15, -0.1) is 0 Å². The van der Waals surface area contributed by atoms with Gasteiger partial charge in [0.15, 0.2) is 0 Å². The normalized spacial score (nSPS) is 10.6. The number of aryl methyl sites for hydroxylation is 4. The molecule has 0 atom stereocenters. The van der Waals surface area contributed by atoms with E-state index in [1.54, 1.807) is 12.4 Å². The Kier molecular flexibility index (Phi) is 5.56. The van der Waals surface area contributed by atoms with Crippen molar-refractivity contribution in [2.75, 3.05) is 11.9 Å². The molecule has 2 amide bonds. The first kappa shape index (κ1) is 16.8. The summed E-state index contributed by atoms with van der Waals surface area (Å²) < 4.78 is 3.76. The Morgan fingerprint density at radius 2 is 2.13 bits per heavy atom. The molecule has 7 nitrogen and oxygen atoms in total. The van der Waals surface area contributed by atoms with Crippen LogP contribution in [0, 0.1) is 13.8 Å². The van der Waals surface area contributed by atoms with E-state index in [0.29, 0.717) is 6.54 Å². The topological polar surface area (TPSA) is 81.0 Å². The first-order valence-electron chi connectivity index (χ1n) is 7.75. The van der Waals surface area contributed by atoms with E-state index < -0.39 is 0 Å². The number of carbonyl (C=O) groups excluding carboxylic acids is 1. The average molecular weight is 317 g/mol. The number of aromatic nitrogens is 3. The van der Waals surface area contributed by atoms with Crippen LogP contribution in [0.15, 0.2) is 29.3 Å². The average Bonchev–Trinajstić information content (AvgIpc) is 2.84. The summed E-state index contributed by atoms with van der Waals surface area (Å²) in [4.78, 5) is 23.6. The molecule has 124 valence electrons. The van der Waals surface area contributed by atoms with Gasteiger partial charge >= 0.3 is 6.03 Å². The van der Waals surface area contributed by atoms with Crippen molar-refractivity contribution < 1.29 is 4.79 Å². The Bertz CT molecular complexity index is 732. The first-order chi connectivity index (χ1) is 11.0. The highest BCUT2D eigenvalue weighted by Gasteiger charge is 2.06. The molecule has 0 radical (unpaired) electrons. The molecule has 0 aromatic carbocycles. The van der Waals surface area contributed by atoms with Crippen LogP contribution in [0.3, 0.4) is 0 Å². The van der Waals surface area contributed by atoms with Crippen LogP contribution in [0.4, 0.5) is 10.5 Å². The van der Waals surface area contributed by atoms with E-state index in [4.69, 9.17) is 0 Å². The molecular formula is C16H23N5O2. The number of anilines is 1. The maximum atomic E-state index is 11.9. The molecule has 0 aliphatic heterocycles. The highest BCUT2D eigenvalue weighted by Crippen LogP contribution is 2.02. The molecule has 0 spiro atoms. The van der Waals surface area contributed by atoms with Gasteiger partial charge < -0.3 is 15.2 Å². The number of hydrogen-bond donors (Lipinski definition) is 2. The van der Waals surface area contributed by atoms with Gasteiger partial charge in [0.05, 0.1) is 5.69 Å². The van der Waals surface area contributed by atoms with E-state index >= 15 is 0 Å². The van der Waals surface area contributed by atoms with Crippen LogP contribution in [0.25, 0.3) is 0 Å². The van der Waals surface area contributed by atoms with Gasteiger partial charge in [-0.25, -0.2) is 4.79 Å². The van der Waals surface area contributed by atoms with Crippen LogP contribution in [0.2, 0.25) is 0 Å². The number of nitrogens with zero attached hydrogens (tertiary/aromatic N) is 3. The molecule has 0 aliphatic carbocycles. The first-order valence-corrected chi connectivity index (χ1v) is 7.75. The van der Waals surface area contributed by atoms with Gasteiger partial charge in [-0.1, -0.05) is 0 Å². The van der Waals surface area contributed by atoms with Crippen molar-refractivity contribution in [1.82, 2.24) is 19.7 Å². The van der Waals surface area contributed by atoms with Crippen LogP contribution >= 0.6 is 0 Å². The predicted molar refractivity (Wildman–Crippen MR) is 89.7 cm³/mol. The van der Waals surface area contributed by atoms with Gasteiger partial charge in [-0.05, 0) is 33.3 Å². The Labute approximate surface area is 135 Å². The number of carbonyl (C=O) groups is 1. The van der Waals surface area contributed by atoms with Crippen LogP contribution in [-0.2, 0) is 13.1 Å². The van der Waals surface area contributed by atoms with Crippen LogP contribution < -0.4 is 16.1 Å². The van der Waals surface area contributed by atoms with Gasteiger partial charge in [0.25, 0.3) is 0 Å². The van der Waals surface area contributed by atoms with E-state index in [9.17, 15) is 9.59 Å². The maximum Gasteiger partial charge on any atom is 0.319 e. The van der Waals surface area contributed by atoms with E-state index in [0.717, 1.165) is 30.9 Å². The van der Waals surface area contributed by atoms with E-state index in [1.165, 1.54) is 6.07 Å². The minimum atomic E-state index is -0.371. The number of urea groups is 1. The minimum absolute atomic E-state index is 0.201. The molecular weight excluding hydrogens is 294 g/mol. The molecule has 0 unspecified atom stereocenters.